The number of aliphatic hydroxyl groups is 8. The molecule has 0 bridgehead atoms. The Morgan fingerprint density at radius 1 is 0.736 bits per heavy atom. The number of carbonyl (C=O) groups excluding carboxylic acids is 3. The molecule has 11 atom stereocenters. The third kappa shape index (κ3) is 7.09. The van der Waals surface area contributed by atoms with Crippen molar-refractivity contribution in [2.75, 3.05) is 13.2 Å². The molecule has 0 aliphatic carbocycles. The molecule has 0 amide bonds. The van der Waals surface area contributed by atoms with E-state index < -0.39 is 103 Å². The van der Waals surface area contributed by atoms with Crippen LogP contribution in [0.2, 0.25) is 25.7 Å². The number of ketones is 3. The minimum atomic E-state index is -3.98. The fourth-order valence-electron chi connectivity index (χ4n) is 6.94. The first kappa shape index (κ1) is 40.6. The second-order valence-electron chi connectivity index (χ2n) is 14.7. The van der Waals surface area contributed by atoms with Crippen molar-refractivity contribution in [1.82, 2.24) is 0 Å². The van der Waals surface area contributed by atoms with Crippen molar-refractivity contribution in [1.29, 1.82) is 0 Å². The molecule has 0 aromatic heterocycles. The lowest BCUT2D eigenvalue weighted by molar-refractivity contribution is -0.406. The quantitative estimate of drug-likeness (QED) is 0.0854. The summed E-state index contributed by atoms with van der Waals surface area (Å²) in [5.41, 5.74) is -12.3. The normalized spacial score (nSPS) is 33.9. The minimum absolute atomic E-state index is 0.130. The highest BCUT2D eigenvalue weighted by Crippen LogP contribution is 2.53. The van der Waals surface area contributed by atoms with Crippen LogP contribution in [0, 0.1) is 0 Å². The first-order chi connectivity index (χ1) is 24.9. The van der Waals surface area contributed by atoms with Crippen molar-refractivity contribution in [3.63, 3.8) is 0 Å². The van der Waals surface area contributed by atoms with Crippen molar-refractivity contribution in [3.05, 3.63) is 108 Å². The van der Waals surface area contributed by atoms with Gasteiger partial charge in [-0.15, -0.1) is 0 Å². The molecule has 0 saturated carbocycles. The number of rotatable bonds is 13. The standard InChI is InChI=1S/C38H46O14Si/c1-53(2,3)20-19-50-35-36(47,31(45)23-15-9-5-10-16-23)38(49,32(46)24-17-11-6-12-18-24)37(48,33-30(44)28(42)27(41)25(21-39)51-33)34(52-35)29(43)26(40)22-13-7-4-8-14-22/h4-18,25,27-30,33-35,39,41-44,47-49H,19-21H2,1-3H3/t25-,27+,28+,29?,30-,33-,34-,35+,36+,37+,38-/m1/s1. The summed E-state index contributed by atoms with van der Waals surface area (Å²) in [5.74, 6) is -4.10. The topological polar surface area (TPSA) is 241 Å². The Bertz CT molecular complexity index is 1740. The number of hydrogen-bond donors (Lipinski definition) is 8. The van der Waals surface area contributed by atoms with E-state index in [4.69, 9.17) is 14.2 Å². The molecular formula is C38H46O14Si. The molecule has 2 aliphatic heterocycles. The Kier molecular flexibility index (Phi) is 12.0. The van der Waals surface area contributed by atoms with Crippen LogP contribution in [0.25, 0.3) is 0 Å². The van der Waals surface area contributed by atoms with Crippen LogP contribution in [0.1, 0.15) is 31.1 Å². The molecule has 2 saturated heterocycles. The predicted octanol–water partition coefficient (Wildman–Crippen LogP) is 0.111. The second-order valence-corrected chi connectivity index (χ2v) is 20.3. The summed E-state index contributed by atoms with van der Waals surface area (Å²) >= 11 is 0. The average molecular weight is 755 g/mol. The van der Waals surface area contributed by atoms with E-state index in [0.717, 1.165) is 0 Å². The smallest absolute Gasteiger partial charge is 0.218 e. The Balaban J connectivity index is 1.86. The van der Waals surface area contributed by atoms with Crippen LogP contribution in [0.4, 0.5) is 0 Å². The van der Waals surface area contributed by atoms with Crippen LogP contribution in [-0.4, -0.2) is 145 Å². The summed E-state index contributed by atoms with van der Waals surface area (Å²) in [6.07, 6.45) is -18.6. The zero-order chi connectivity index (χ0) is 38.9. The molecule has 0 radical (unpaired) electrons. The summed E-state index contributed by atoms with van der Waals surface area (Å²) in [5, 5.41) is 94.6. The highest BCUT2D eigenvalue weighted by atomic mass is 28.3. The van der Waals surface area contributed by atoms with Crippen LogP contribution >= 0.6 is 0 Å². The van der Waals surface area contributed by atoms with Crippen LogP contribution in [-0.2, 0) is 14.2 Å². The van der Waals surface area contributed by atoms with Gasteiger partial charge in [0.15, 0.2) is 17.7 Å². The van der Waals surface area contributed by atoms with Gasteiger partial charge in [0.05, 0.1) is 6.61 Å². The van der Waals surface area contributed by atoms with Gasteiger partial charge in [-0.2, -0.15) is 0 Å². The van der Waals surface area contributed by atoms with Crippen LogP contribution < -0.4 is 0 Å². The molecule has 15 heteroatoms. The van der Waals surface area contributed by atoms with E-state index in [9.17, 15) is 50.4 Å². The third-order valence-corrected chi connectivity index (χ3v) is 11.7. The van der Waals surface area contributed by atoms with Gasteiger partial charge >= 0.3 is 0 Å². The van der Waals surface area contributed by atoms with Gasteiger partial charge in [0, 0.05) is 31.4 Å². The molecular weight excluding hydrogens is 708 g/mol. The summed E-state index contributed by atoms with van der Waals surface area (Å²) in [7, 11) is -1.94. The molecule has 1 unspecified atom stereocenters. The second kappa shape index (κ2) is 15.7. The molecule has 2 aliphatic rings. The maximum Gasteiger partial charge on any atom is 0.218 e. The van der Waals surface area contributed by atoms with Crippen molar-refractivity contribution < 1.29 is 69.4 Å². The lowest BCUT2D eigenvalue weighted by Crippen LogP contribution is -2.90. The molecule has 14 nitrogen and oxygen atoms in total. The van der Waals surface area contributed by atoms with Crippen LogP contribution in [0.3, 0.4) is 0 Å². The van der Waals surface area contributed by atoms with Crippen molar-refractivity contribution in [2.45, 2.75) is 91.5 Å². The lowest BCUT2D eigenvalue weighted by Gasteiger charge is -2.62. The summed E-state index contributed by atoms with van der Waals surface area (Å²) in [4.78, 5) is 43.8. The van der Waals surface area contributed by atoms with E-state index in [-0.39, 0.29) is 17.7 Å². The number of aliphatic hydroxyl groups excluding tert-OH is 5. The van der Waals surface area contributed by atoms with Gasteiger partial charge in [-0.3, -0.25) is 14.4 Å². The maximum atomic E-state index is 15.0. The monoisotopic (exact) mass is 754 g/mol. The highest BCUT2D eigenvalue weighted by molar-refractivity contribution is 6.76. The van der Waals surface area contributed by atoms with Crippen molar-refractivity contribution >= 4 is 25.4 Å². The third-order valence-electron chi connectivity index (χ3n) is 9.98. The van der Waals surface area contributed by atoms with E-state index in [0.29, 0.717) is 6.04 Å². The molecule has 8 N–H and O–H groups in total. The number of Topliss-reactive ketones (excluding diaryl/α,β-unsaturated/α-hetero) is 3. The molecule has 2 heterocycles. The zero-order valence-electron chi connectivity index (χ0n) is 29.4. The van der Waals surface area contributed by atoms with E-state index >= 15 is 4.79 Å². The van der Waals surface area contributed by atoms with Crippen molar-refractivity contribution in [2.24, 2.45) is 0 Å². The predicted molar refractivity (Wildman–Crippen MR) is 190 cm³/mol. The van der Waals surface area contributed by atoms with Crippen molar-refractivity contribution in [3.8, 4) is 0 Å². The largest absolute Gasteiger partial charge is 0.394 e. The lowest BCUT2D eigenvalue weighted by atomic mass is 9.56. The Morgan fingerprint density at radius 2 is 1.23 bits per heavy atom. The van der Waals surface area contributed by atoms with Gasteiger partial charge in [-0.05, 0) is 6.04 Å². The van der Waals surface area contributed by atoms with E-state index in [2.05, 4.69) is 0 Å². The minimum Gasteiger partial charge on any atom is -0.394 e. The first-order valence-corrected chi connectivity index (χ1v) is 20.9. The van der Waals surface area contributed by atoms with E-state index in [1.807, 2.05) is 19.6 Å². The summed E-state index contributed by atoms with van der Waals surface area (Å²) in [6.45, 7) is 4.72. The first-order valence-electron chi connectivity index (χ1n) is 17.2. The maximum absolute atomic E-state index is 15.0. The molecule has 286 valence electrons. The fraction of sp³-hybridized carbons (Fsp3) is 0.447. The SMILES string of the molecule is C[Si](C)(C)CCO[C@H]1O[C@H](C(O)C(=O)c2ccccc2)[C@@](O)([C@@H]2O[C@H](CO)[C@H](O)[C@H](O)[C@H]2O)[C@@](O)(C(=O)c2ccccc2)[C@]1(O)C(=O)c1ccccc1. The Hall–Kier alpha value is -3.55. The van der Waals surface area contributed by atoms with Gasteiger partial charge in [0.25, 0.3) is 0 Å². The Morgan fingerprint density at radius 3 is 1.72 bits per heavy atom. The van der Waals surface area contributed by atoms with Gasteiger partial charge in [-0.1, -0.05) is 111 Å². The molecule has 3 aromatic carbocycles. The van der Waals surface area contributed by atoms with Crippen LogP contribution in [0.5, 0.6) is 0 Å². The zero-order valence-corrected chi connectivity index (χ0v) is 30.4. The van der Waals surface area contributed by atoms with Crippen LogP contribution in [0.15, 0.2) is 91.0 Å². The molecule has 3 aromatic rings. The van der Waals surface area contributed by atoms with E-state index in [1.165, 1.54) is 78.9 Å². The summed E-state index contributed by atoms with van der Waals surface area (Å²) < 4.78 is 17.8. The number of carbonyl (C=O) groups is 3. The molecule has 5 rings (SSSR count). The highest BCUT2D eigenvalue weighted by Gasteiger charge is 2.82. The molecule has 53 heavy (non-hydrogen) atoms. The fourth-order valence-corrected chi connectivity index (χ4v) is 7.67. The van der Waals surface area contributed by atoms with Gasteiger partial charge in [0.1, 0.15) is 42.7 Å². The van der Waals surface area contributed by atoms with Gasteiger partial charge < -0.3 is 55.1 Å². The average Bonchev–Trinajstić information content (AvgIpc) is 3.16. The van der Waals surface area contributed by atoms with Gasteiger partial charge in [-0.25, -0.2) is 0 Å². The number of benzene rings is 3. The summed E-state index contributed by atoms with van der Waals surface area (Å²) in [6, 6.07) is 21.1. The number of ether oxygens (including phenoxy) is 3. The van der Waals surface area contributed by atoms with Gasteiger partial charge in [0.2, 0.25) is 22.8 Å². The van der Waals surface area contributed by atoms with E-state index in [1.54, 1.807) is 12.1 Å². The molecule has 0 spiro atoms. The Labute approximate surface area is 306 Å². The number of hydrogen-bond acceptors (Lipinski definition) is 14. The molecule has 2 fully saturated rings.